The van der Waals surface area contributed by atoms with Gasteiger partial charge in [-0.05, 0) is 82.1 Å². The van der Waals surface area contributed by atoms with Gasteiger partial charge < -0.3 is 14.0 Å². The first-order valence-electron chi connectivity index (χ1n) is 10.4. The van der Waals surface area contributed by atoms with E-state index in [0.717, 1.165) is 16.9 Å². The van der Waals surface area contributed by atoms with Crippen LogP contribution in [0.5, 0.6) is 11.5 Å². The van der Waals surface area contributed by atoms with Crippen LogP contribution < -0.4 is 9.47 Å². The van der Waals surface area contributed by atoms with Crippen LogP contribution in [0.1, 0.15) is 60.2 Å². The molecule has 0 radical (unpaired) electrons. The Morgan fingerprint density at radius 2 is 1.78 bits per heavy atom. The molecule has 0 saturated heterocycles. The van der Waals surface area contributed by atoms with Gasteiger partial charge in [-0.2, -0.15) is 0 Å². The highest BCUT2D eigenvalue weighted by molar-refractivity contribution is 7.99. The lowest BCUT2D eigenvalue weighted by atomic mass is 10.0. The van der Waals surface area contributed by atoms with Gasteiger partial charge in [0.25, 0.3) is 0 Å². The summed E-state index contributed by atoms with van der Waals surface area (Å²) in [4.78, 5) is 12.9. The van der Waals surface area contributed by atoms with Gasteiger partial charge in [0.1, 0.15) is 17.3 Å². The maximum Gasteiger partial charge on any atom is 0.192 e. The standard InChI is InChI=1S/C24H28FN3O3S/c1-14(2)28-23(17(5)31-19-9-7-18(25)8-10-19)26-27-24(28)32-13-21(29)20-11-16(4)22(30-6)12-15(20)3/h7-12,14,17H,13H2,1-6H3. The fourth-order valence-electron chi connectivity index (χ4n) is 3.44. The van der Waals surface area contributed by atoms with Crippen LogP contribution in [0, 0.1) is 19.7 Å². The molecule has 0 aliphatic heterocycles. The number of halogens is 1. The van der Waals surface area contributed by atoms with Gasteiger partial charge in [0, 0.05) is 11.6 Å². The second-order valence-corrected chi connectivity index (χ2v) is 8.81. The summed E-state index contributed by atoms with van der Waals surface area (Å²) in [5.74, 6) is 1.91. The highest BCUT2D eigenvalue weighted by atomic mass is 32.2. The van der Waals surface area contributed by atoms with Gasteiger partial charge in [0.2, 0.25) is 0 Å². The molecule has 1 aromatic heterocycles. The van der Waals surface area contributed by atoms with Crippen LogP contribution in [0.2, 0.25) is 0 Å². The van der Waals surface area contributed by atoms with E-state index >= 15 is 0 Å². The van der Waals surface area contributed by atoms with Crippen molar-refractivity contribution < 1.29 is 18.7 Å². The van der Waals surface area contributed by atoms with Crippen LogP contribution in [0.3, 0.4) is 0 Å². The molecule has 1 atom stereocenters. The SMILES string of the molecule is COc1cc(C)c(C(=O)CSc2nnc(C(C)Oc3ccc(F)cc3)n2C(C)C)cc1C. The molecule has 0 bridgehead atoms. The van der Waals surface area contributed by atoms with Gasteiger partial charge in [-0.3, -0.25) is 4.79 Å². The molecule has 32 heavy (non-hydrogen) atoms. The molecule has 1 heterocycles. The molecule has 1 unspecified atom stereocenters. The fourth-order valence-corrected chi connectivity index (χ4v) is 4.39. The number of carbonyl (C=O) groups is 1. The summed E-state index contributed by atoms with van der Waals surface area (Å²) in [7, 11) is 1.62. The van der Waals surface area contributed by atoms with Crippen molar-refractivity contribution in [3.63, 3.8) is 0 Å². The van der Waals surface area contributed by atoms with Crippen LogP contribution in [0.15, 0.2) is 41.6 Å². The molecule has 0 N–H and O–H groups in total. The second kappa shape index (κ2) is 10.2. The summed E-state index contributed by atoms with van der Waals surface area (Å²) < 4.78 is 26.4. The lowest BCUT2D eigenvalue weighted by Gasteiger charge is -2.19. The topological polar surface area (TPSA) is 66.2 Å². The minimum atomic E-state index is -0.396. The number of benzene rings is 2. The maximum absolute atomic E-state index is 13.2. The lowest BCUT2D eigenvalue weighted by Crippen LogP contribution is -2.15. The Morgan fingerprint density at radius 3 is 2.41 bits per heavy atom. The monoisotopic (exact) mass is 457 g/mol. The van der Waals surface area contributed by atoms with E-state index in [1.807, 2.05) is 51.3 Å². The maximum atomic E-state index is 13.2. The van der Waals surface area contributed by atoms with Gasteiger partial charge in [-0.25, -0.2) is 4.39 Å². The Kier molecular flexibility index (Phi) is 7.56. The van der Waals surface area contributed by atoms with Gasteiger partial charge in [0.15, 0.2) is 22.9 Å². The van der Waals surface area contributed by atoms with Crippen molar-refractivity contribution in [1.29, 1.82) is 0 Å². The number of thioether (sulfide) groups is 1. The van der Waals surface area contributed by atoms with E-state index in [2.05, 4.69) is 10.2 Å². The molecule has 0 aliphatic rings. The van der Waals surface area contributed by atoms with Crippen molar-refractivity contribution in [2.75, 3.05) is 12.9 Å². The van der Waals surface area contributed by atoms with E-state index in [4.69, 9.17) is 9.47 Å². The average Bonchev–Trinajstić information content (AvgIpc) is 3.19. The molecular weight excluding hydrogens is 429 g/mol. The number of rotatable bonds is 9. The summed E-state index contributed by atoms with van der Waals surface area (Å²) in [6, 6.07) is 9.69. The van der Waals surface area contributed by atoms with E-state index in [0.29, 0.717) is 22.3 Å². The van der Waals surface area contributed by atoms with Crippen molar-refractivity contribution in [3.8, 4) is 11.5 Å². The Labute approximate surface area is 192 Å². The first-order valence-corrected chi connectivity index (χ1v) is 11.4. The molecular formula is C24H28FN3O3S. The van der Waals surface area contributed by atoms with Crippen molar-refractivity contribution in [3.05, 3.63) is 64.7 Å². The van der Waals surface area contributed by atoms with Gasteiger partial charge in [0.05, 0.1) is 12.9 Å². The molecule has 0 amide bonds. The van der Waals surface area contributed by atoms with E-state index in [1.165, 1.54) is 23.9 Å². The summed E-state index contributed by atoms with van der Waals surface area (Å²) in [5.41, 5.74) is 2.48. The van der Waals surface area contributed by atoms with Crippen molar-refractivity contribution in [2.24, 2.45) is 0 Å². The highest BCUT2D eigenvalue weighted by Gasteiger charge is 2.23. The van der Waals surface area contributed by atoms with E-state index in [9.17, 15) is 9.18 Å². The zero-order valence-electron chi connectivity index (χ0n) is 19.2. The number of ketones is 1. The van der Waals surface area contributed by atoms with E-state index in [1.54, 1.807) is 19.2 Å². The molecule has 170 valence electrons. The number of hydrogen-bond acceptors (Lipinski definition) is 6. The predicted molar refractivity (Wildman–Crippen MR) is 123 cm³/mol. The van der Waals surface area contributed by atoms with E-state index in [-0.39, 0.29) is 23.4 Å². The fraction of sp³-hybridized carbons (Fsp3) is 0.375. The minimum absolute atomic E-state index is 0.0220. The first-order chi connectivity index (χ1) is 15.2. The number of aromatic nitrogens is 3. The molecule has 6 nitrogen and oxygen atoms in total. The summed E-state index contributed by atoms with van der Waals surface area (Å²) in [5, 5.41) is 9.29. The Bertz CT molecular complexity index is 1100. The molecule has 8 heteroatoms. The minimum Gasteiger partial charge on any atom is -0.496 e. The molecule has 2 aromatic carbocycles. The Morgan fingerprint density at radius 1 is 1.09 bits per heavy atom. The molecule has 3 aromatic rings. The number of ether oxygens (including phenoxy) is 2. The lowest BCUT2D eigenvalue weighted by molar-refractivity contribution is 0.102. The molecule has 3 rings (SSSR count). The second-order valence-electron chi connectivity index (χ2n) is 7.87. The largest absolute Gasteiger partial charge is 0.496 e. The van der Waals surface area contributed by atoms with Crippen LogP contribution in [-0.4, -0.2) is 33.4 Å². The third-order valence-corrected chi connectivity index (χ3v) is 6.02. The number of Topliss-reactive ketones (excluding diaryl/α,β-unsaturated/α-hetero) is 1. The average molecular weight is 458 g/mol. The Hall–Kier alpha value is -2.87. The third kappa shape index (κ3) is 5.30. The highest BCUT2D eigenvalue weighted by Crippen LogP contribution is 2.29. The summed E-state index contributed by atoms with van der Waals surface area (Å²) in [6.45, 7) is 9.76. The molecule has 0 fully saturated rings. The number of methoxy groups -OCH3 is 1. The molecule has 0 spiro atoms. The predicted octanol–water partition coefficient (Wildman–Crippen LogP) is 5.74. The smallest absolute Gasteiger partial charge is 0.192 e. The van der Waals surface area contributed by atoms with Gasteiger partial charge >= 0.3 is 0 Å². The first kappa shape index (κ1) is 23.8. The third-order valence-electron chi connectivity index (χ3n) is 5.07. The van der Waals surface area contributed by atoms with Gasteiger partial charge in [-0.1, -0.05) is 11.8 Å². The zero-order valence-corrected chi connectivity index (χ0v) is 20.0. The quantitative estimate of drug-likeness (QED) is 0.302. The number of carbonyl (C=O) groups excluding carboxylic acids is 1. The van der Waals surface area contributed by atoms with Crippen molar-refractivity contribution >= 4 is 17.5 Å². The van der Waals surface area contributed by atoms with Crippen LogP contribution >= 0.6 is 11.8 Å². The summed E-state index contributed by atoms with van der Waals surface area (Å²) >= 11 is 1.35. The van der Waals surface area contributed by atoms with Crippen LogP contribution in [-0.2, 0) is 0 Å². The summed E-state index contributed by atoms with van der Waals surface area (Å²) in [6.07, 6.45) is -0.396. The molecule has 0 aliphatic carbocycles. The van der Waals surface area contributed by atoms with Crippen LogP contribution in [0.25, 0.3) is 0 Å². The van der Waals surface area contributed by atoms with Gasteiger partial charge in [-0.15, -0.1) is 10.2 Å². The van der Waals surface area contributed by atoms with E-state index < -0.39 is 6.10 Å². The Balaban J connectivity index is 1.76. The van der Waals surface area contributed by atoms with Crippen molar-refractivity contribution in [1.82, 2.24) is 14.8 Å². The zero-order chi connectivity index (χ0) is 23.4. The molecule has 0 saturated carbocycles. The van der Waals surface area contributed by atoms with Crippen LogP contribution in [0.4, 0.5) is 4.39 Å². The number of aryl methyl sites for hydroxylation is 2. The number of nitrogens with zero attached hydrogens (tertiary/aromatic N) is 3. The number of hydrogen-bond donors (Lipinski definition) is 0. The van der Waals surface area contributed by atoms with Crippen molar-refractivity contribution in [2.45, 2.75) is 51.9 Å². The normalized spacial score (nSPS) is 12.1.